The number of nitrogens with zero attached hydrogens (tertiary/aromatic N) is 2. The molecule has 0 aliphatic heterocycles. The van der Waals surface area contributed by atoms with Crippen molar-refractivity contribution in [2.45, 2.75) is 51.5 Å². The minimum Gasteiger partial charge on any atom is -0.336 e. The third-order valence-electron chi connectivity index (χ3n) is 4.25. The van der Waals surface area contributed by atoms with Gasteiger partial charge in [0.15, 0.2) is 0 Å². The fourth-order valence-electron chi connectivity index (χ4n) is 3.07. The number of rotatable bonds is 4. The van der Waals surface area contributed by atoms with E-state index in [0.717, 1.165) is 30.5 Å². The number of pyridine rings is 1. The lowest BCUT2D eigenvalue weighted by Crippen LogP contribution is -2.50. The minimum atomic E-state index is -3.11. The van der Waals surface area contributed by atoms with Gasteiger partial charge in [0, 0.05) is 24.5 Å². The highest BCUT2D eigenvalue weighted by molar-refractivity contribution is 7.90. The maximum atomic E-state index is 13.1. The fraction of sp³-hybridized carbons (Fsp3) is 0.647. The molecule has 23 heavy (non-hydrogen) atoms. The smallest absolute Gasteiger partial charge is 0.232 e. The highest BCUT2D eigenvalue weighted by Gasteiger charge is 2.35. The summed E-state index contributed by atoms with van der Waals surface area (Å²) < 4.78 is 23.0. The number of fused-ring (bicyclic) bond motifs is 1. The molecular weight excluding hydrogens is 312 g/mol. The average molecular weight is 338 g/mol. The average Bonchev–Trinajstić information content (AvgIpc) is 2.44. The summed E-state index contributed by atoms with van der Waals surface area (Å²) in [6, 6.07) is 3.93. The lowest BCUT2D eigenvalue weighted by Gasteiger charge is -2.39. The molecule has 1 atom stereocenters. The second kappa shape index (κ2) is 6.59. The number of hydrogen-bond donors (Lipinski definition) is 0. The van der Waals surface area contributed by atoms with Crippen LogP contribution in [0.1, 0.15) is 50.8 Å². The van der Waals surface area contributed by atoms with Crippen molar-refractivity contribution in [3.63, 3.8) is 0 Å². The van der Waals surface area contributed by atoms with Crippen LogP contribution in [0.25, 0.3) is 0 Å². The van der Waals surface area contributed by atoms with E-state index in [1.807, 2.05) is 32.9 Å². The number of hydrogen-bond acceptors (Lipinski definition) is 4. The first-order chi connectivity index (χ1) is 10.6. The second-order valence-electron chi connectivity index (χ2n) is 7.28. The fourth-order valence-corrected chi connectivity index (χ4v) is 3.59. The Hall–Kier alpha value is -1.43. The summed E-state index contributed by atoms with van der Waals surface area (Å²) in [5.74, 6) is -0.294. The van der Waals surface area contributed by atoms with Gasteiger partial charge in [0.2, 0.25) is 5.91 Å². The Bertz CT molecular complexity index is 677. The molecule has 1 unspecified atom stereocenters. The number of carbonyl (C=O) groups excluding carboxylic acids is 1. The Labute approximate surface area is 139 Å². The predicted molar refractivity (Wildman–Crippen MR) is 91.1 cm³/mol. The first kappa shape index (κ1) is 17.9. The van der Waals surface area contributed by atoms with E-state index in [1.54, 1.807) is 11.1 Å². The molecule has 1 aliphatic rings. The van der Waals surface area contributed by atoms with Crippen molar-refractivity contribution in [1.82, 2.24) is 9.88 Å². The molecule has 1 aromatic rings. The predicted octanol–water partition coefficient (Wildman–Crippen LogP) is 2.17. The molecule has 0 bridgehead atoms. The van der Waals surface area contributed by atoms with Crippen LogP contribution in [0.4, 0.5) is 0 Å². The zero-order valence-electron chi connectivity index (χ0n) is 14.4. The quantitative estimate of drug-likeness (QED) is 0.844. The van der Waals surface area contributed by atoms with Crippen LogP contribution < -0.4 is 0 Å². The third-order valence-corrected chi connectivity index (χ3v) is 5.18. The van der Waals surface area contributed by atoms with Gasteiger partial charge in [-0.3, -0.25) is 9.78 Å². The zero-order chi connectivity index (χ0) is 17.3. The molecule has 2 rings (SSSR count). The summed E-state index contributed by atoms with van der Waals surface area (Å²) in [6.45, 7) is 6.04. The van der Waals surface area contributed by atoms with Crippen molar-refractivity contribution in [2.75, 3.05) is 18.6 Å². The molecule has 0 N–H and O–H groups in total. The van der Waals surface area contributed by atoms with Crippen LogP contribution in [0.15, 0.2) is 18.3 Å². The Kier molecular flexibility index (Phi) is 5.14. The van der Waals surface area contributed by atoms with Gasteiger partial charge in [-0.2, -0.15) is 0 Å². The molecule has 0 fully saturated rings. The van der Waals surface area contributed by atoms with E-state index in [9.17, 15) is 13.2 Å². The monoisotopic (exact) mass is 338 g/mol. The number of sulfone groups is 1. The van der Waals surface area contributed by atoms with Gasteiger partial charge in [-0.15, -0.1) is 0 Å². The minimum absolute atomic E-state index is 0.0131. The van der Waals surface area contributed by atoms with Crippen molar-refractivity contribution >= 4 is 15.7 Å². The Morgan fingerprint density at radius 3 is 2.70 bits per heavy atom. The summed E-state index contributed by atoms with van der Waals surface area (Å²) in [4.78, 5) is 19.2. The lowest BCUT2D eigenvalue weighted by atomic mass is 9.85. The van der Waals surface area contributed by atoms with E-state index in [2.05, 4.69) is 4.98 Å². The van der Waals surface area contributed by atoms with Gasteiger partial charge < -0.3 is 4.90 Å². The SMILES string of the molecule is CC(C)(C)N(CCS(C)(=O)=O)C(=O)C1CCCc2cccnc21. The molecule has 1 amide bonds. The molecule has 5 nitrogen and oxygen atoms in total. The van der Waals surface area contributed by atoms with Crippen LogP contribution in [-0.2, 0) is 21.1 Å². The van der Waals surface area contributed by atoms with E-state index >= 15 is 0 Å². The zero-order valence-corrected chi connectivity index (χ0v) is 15.2. The normalized spacial score (nSPS) is 18.3. The van der Waals surface area contributed by atoms with Gasteiger partial charge in [0.25, 0.3) is 0 Å². The number of aryl methyl sites for hydroxylation is 1. The first-order valence-electron chi connectivity index (χ1n) is 8.02. The van der Waals surface area contributed by atoms with E-state index < -0.39 is 15.4 Å². The summed E-state index contributed by atoms with van der Waals surface area (Å²) in [5.41, 5.74) is 1.57. The summed E-state index contributed by atoms with van der Waals surface area (Å²) in [6.07, 6.45) is 5.61. The van der Waals surface area contributed by atoms with Gasteiger partial charge in [-0.05, 0) is 51.7 Å². The van der Waals surface area contributed by atoms with Crippen LogP contribution in [0.3, 0.4) is 0 Å². The summed E-state index contributed by atoms with van der Waals surface area (Å²) >= 11 is 0. The molecule has 0 radical (unpaired) electrons. The summed E-state index contributed by atoms with van der Waals surface area (Å²) in [5, 5.41) is 0. The van der Waals surface area contributed by atoms with E-state index in [1.165, 1.54) is 6.26 Å². The molecule has 0 spiro atoms. The van der Waals surface area contributed by atoms with Gasteiger partial charge in [-0.1, -0.05) is 6.07 Å². The maximum Gasteiger partial charge on any atom is 0.232 e. The van der Waals surface area contributed by atoms with Gasteiger partial charge in [-0.25, -0.2) is 8.42 Å². The standard InChI is InChI=1S/C17H26N2O3S/c1-17(2,3)19(11-12-23(4,21)22)16(20)14-9-5-7-13-8-6-10-18-15(13)14/h6,8,10,14H,5,7,9,11-12H2,1-4H3. The van der Waals surface area contributed by atoms with Gasteiger partial charge >= 0.3 is 0 Å². The van der Waals surface area contributed by atoms with Crippen molar-refractivity contribution in [3.05, 3.63) is 29.6 Å². The maximum absolute atomic E-state index is 13.1. The Balaban J connectivity index is 2.28. The van der Waals surface area contributed by atoms with Crippen molar-refractivity contribution < 1.29 is 13.2 Å². The molecule has 1 aliphatic carbocycles. The van der Waals surface area contributed by atoms with Crippen LogP contribution in [0, 0.1) is 0 Å². The molecule has 6 heteroatoms. The molecule has 0 saturated heterocycles. The van der Waals surface area contributed by atoms with Crippen molar-refractivity contribution in [1.29, 1.82) is 0 Å². The highest BCUT2D eigenvalue weighted by atomic mass is 32.2. The first-order valence-corrected chi connectivity index (χ1v) is 10.1. The van der Waals surface area contributed by atoms with Gasteiger partial charge in [0.1, 0.15) is 9.84 Å². The molecule has 0 aromatic carbocycles. The molecule has 1 heterocycles. The van der Waals surface area contributed by atoms with Gasteiger partial charge in [0.05, 0.1) is 17.4 Å². The topological polar surface area (TPSA) is 67.3 Å². The number of amides is 1. The molecular formula is C17H26N2O3S. The Morgan fingerprint density at radius 1 is 1.39 bits per heavy atom. The lowest BCUT2D eigenvalue weighted by molar-refractivity contribution is -0.137. The van der Waals surface area contributed by atoms with Crippen LogP contribution >= 0.6 is 0 Å². The van der Waals surface area contributed by atoms with Crippen LogP contribution in [-0.4, -0.2) is 48.3 Å². The van der Waals surface area contributed by atoms with Crippen LogP contribution in [0.2, 0.25) is 0 Å². The number of aromatic nitrogens is 1. The number of carbonyl (C=O) groups is 1. The highest BCUT2D eigenvalue weighted by Crippen LogP contribution is 2.33. The molecule has 0 saturated carbocycles. The van der Waals surface area contributed by atoms with E-state index in [0.29, 0.717) is 0 Å². The second-order valence-corrected chi connectivity index (χ2v) is 9.54. The van der Waals surface area contributed by atoms with E-state index in [4.69, 9.17) is 0 Å². The summed E-state index contributed by atoms with van der Waals surface area (Å²) in [7, 11) is -3.11. The molecule has 1 aromatic heterocycles. The Morgan fingerprint density at radius 2 is 2.09 bits per heavy atom. The molecule has 128 valence electrons. The van der Waals surface area contributed by atoms with Crippen molar-refractivity contribution in [2.24, 2.45) is 0 Å². The van der Waals surface area contributed by atoms with Crippen molar-refractivity contribution in [3.8, 4) is 0 Å². The van der Waals surface area contributed by atoms with Crippen LogP contribution in [0.5, 0.6) is 0 Å². The third kappa shape index (κ3) is 4.53. The van der Waals surface area contributed by atoms with E-state index in [-0.39, 0.29) is 24.1 Å². The largest absolute Gasteiger partial charge is 0.336 e.